The summed E-state index contributed by atoms with van der Waals surface area (Å²) >= 11 is 0. The quantitative estimate of drug-likeness (QED) is 0.652. The fourth-order valence-corrected chi connectivity index (χ4v) is 2.68. The van der Waals surface area contributed by atoms with Crippen molar-refractivity contribution < 1.29 is 14.6 Å². The van der Waals surface area contributed by atoms with E-state index in [1.165, 1.54) is 0 Å². The number of aliphatic hydroxyl groups excluding tert-OH is 1. The molecular weight excluding hydrogens is 230 g/mol. The van der Waals surface area contributed by atoms with Crippen LogP contribution in [0.5, 0.6) is 0 Å². The van der Waals surface area contributed by atoms with Crippen molar-refractivity contribution in [2.24, 2.45) is 0 Å². The molecule has 0 aromatic heterocycles. The Morgan fingerprint density at radius 3 is 2.78 bits per heavy atom. The van der Waals surface area contributed by atoms with Crippen LogP contribution in [-0.2, 0) is 9.47 Å². The zero-order chi connectivity index (χ0) is 13.4. The molecule has 0 aromatic carbocycles. The molecule has 1 rings (SSSR count). The standard InChI is InChI=1S/C14H29NO3/c1-4-15-14(11-16)7-5-6-13(10-14)18-9-8-17-12(2)3/h12-13,15-16H,4-11H2,1-3H3. The highest BCUT2D eigenvalue weighted by Crippen LogP contribution is 2.29. The van der Waals surface area contributed by atoms with E-state index in [0.717, 1.165) is 32.2 Å². The van der Waals surface area contributed by atoms with Gasteiger partial charge in [-0.15, -0.1) is 0 Å². The van der Waals surface area contributed by atoms with Crippen LogP contribution in [0.2, 0.25) is 0 Å². The lowest BCUT2D eigenvalue weighted by molar-refractivity contribution is -0.0459. The van der Waals surface area contributed by atoms with Crippen molar-refractivity contribution in [2.45, 2.75) is 64.2 Å². The van der Waals surface area contributed by atoms with Crippen LogP contribution in [0.4, 0.5) is 0 Å². The van der Waals surface area contributed by atoms with Crippen LogP contribution in [-0.4, -0.2) is 49.2 Å². The summed E-state index contributed by atoms with van der Waals surface area (Å²) in [7, 11) is 0. The van der Waals surface area contributed by atoms with Gasteiger partial charge in [0.15, 0.2) is 0 Å². The number of nitrogens with one attached hydrogen (secondary N) is 1. The van der Waals surface area contributed by atoms with E-state index in [1.807, 2.05) is 13.8 Å². The fourth-order valence-electron chi connectivity index (χ4n) is 2.68. The van der Waals surface area contributed by atoms with E-state index in [-0.39, 0.29) is 24.4 Å². The topological polar surface area (TPSA) is 50.7 Å². The lowest BCUT2D eigenvalue weighted by Gasteiger charge is -2.40. The molecule has 1 fully saturated rings. The molecule has 4 heteroatoms. The Hall–Kier alpha value is -0.160. The molecule has 1 saturated carbocycles. The maximum absolute atomic E-state index is 9.59. The van der Waals surface area contributed by atoms with Gasteiger partial charge in [0.05, 0.1) is 32.0 Å². The molecule has 0 bridgehead atoms. The normalized spacial score (nSPS) is 28.8. The van der Waals surface area contributed by atoms with Crippen molar-refractivity contribution in [1.29, 1.82) is 0 Å². The van der Waals surface area contributed by atoms with Gasteiger partial charge in [-0.25, -0.2) is 0 Å². The van der Waals surface area contributed by atoms with E-state index in [4.69, 9.17) is 9.47 Å². The lowest BCUT2D eigenvalue weighted by Crippen LogP contribution is -2.53. The van der Waals surface area contributed by atoms with Crippen LogP contribution in [0.25, 0.3) is 0 Å². The summed E-state index contributed by atoms with van der Waals surface area (Å²) in [5.74, 6) is 0. The summed E-state index contributed by atoms with van der Waals surface area (Å²) in [5.41, 5.74) is -0.128. The Balaban J connectivity index is 2.29. The second-order valence-corrected chi connectivity index (χ2v) is 5.48. The van der Waals surface area contributed by atoms with Gasteiger partial charge in [-0.3, -0.25) is 0 Å². The highest BCUT2D eigenvalue weighted by molar-refractivity contribution is 4.93. The summed E-state index contributed by atoms with van der Waals surface area (Å²) < 4.78 is 11.3. The fraction of sp³-hybridized carbons (Fsp3) is 1.00. The molecule has 0 saturated heterocycles. The van der Waals surface area contributed by atoms with E-state index < -0.39 is 0 Å². The van der Waals surface area contributed by atoms with Gasteiger partial charge >= 0.3 is 0 Å². The smallest absolute Gasteiger partial charge is 0.0704 e. The van der Waals surface area contributed by atoms with Gasteiger partial charge in [-0.05, 0) is 46.1 Å². The first-order valence-electron chi connectivity index (χ1n) is 7.21. The molecule has 0 radical (unpaired) electrons. The van der Waals surface area contributed by atoms with Crippen molar-refractivity contribution in [3.63, 3.8) is 0 Å². The molecular formula is C14H29NO3. The molecule has 1 aliphatic carbocycles. The Bertz CT molecular complexity index is 219. The SMILES string of the molecule is CCNC1(CO)CCCC(OCCOC(C)C)C1. The zero-order valence-corrected chi connectivity index (χ0v) is 12.1. The molecule has 1 aliphatic rings. The average molecular weight is 259 g/mol. The summed E-state index contributed by atoms with van der Waals surface area (Å²) in [6, 6.07) is 0. The van der Waals surface area contributed by atoms with Crippen molar-refractivity contribution in [1.82, 2.24) is 5.32 Å². The molecule has 0 spiro atoms. The number of ether oxygens (including phenoxy) is 2. The van der Waals surface area contributed by atoms with Crippen LogP contribution in [0.15, 0.2) is 0 Å². The minimum atomic E-state index is -0.128. The summed E-state index contributed by atoms with van der Waals surface area (Å²) in [6.07, 6.45) is 4.66. The van der Waals surface area contributed by atoms with Gasteiger partial charge in [0, 0.05) is 5.54 Å². The summed E-state index contributed by atoms with van der Waals surface area (Å²) in [4.78, 5) is 0. The Labute approximate surface area is 111 Å². The van der Waals surface area contributed by atoms with Crippen molar-refractivity contribution >= 4 is 0 Å². The third-order valence-corrected chi connectivity index (χ3v) is 3.54. The zero-order valence-electron chi connectivity index (χ0n) is 12.1. The molecule has 0 amide bonds. The van der Waals surface area contributed by atoms with Crippen LogP contribution in [0.1, 0.15) is 46.5 Å². The Morgan fingerprint density at radius 1 is 1.39 bits per heavy atom. The highest BCUT2D eigenvalue weighted by atomic mass is 16.5. The summed E-state index contributed by atoms with van der Waals surface area (Å²) in [6.45, 7) is 8.54. The first-order chi connectivity index (χ1) is 8.62. The van der Waals surface area contributed by atoms with E-state index >= 15 is 0 Å². The molecule has 0 aliphatic heterocycles. The molecule has 108 valence electrons. The van der Waals surface area contributed by atoms with Crippen molar-refractivity contribution in [2.75, 3.05) is 26.4 Å². The molecule has 2 unspecified atom stereocenters. The van der Waals surface area contributed by atoms with Gasteiger partial charge in [-0.2, -0.15) is 0 Å². The Morgan fingerprint density at radius 2 is 2.17 bits per heavy atom. The van der Waals surface area contributed by atoms with Crippen molar-refractivity contribution in [3.8, 4) is 0 Å². The largest absolute Gasteiger partial charge is 0.394 e. The van der Waals surface area contributed by atoms with E-state index in [2.05, 4.69) is 12.2 Å². The highest BCUT2D eigenvalue weighted by Gasteiger charge is 2.35. The number of hydrogen-bond donors (Lipinski definition) is 2. The van der Waals surface area contributed by atoms with Crippen LogP contribution < -0.4 is 5.32 Å². The van der Waals surface area contributed by atoms with Gasteiger partial charge in [0.2, 0.25) is 0 Å². The molecule has 18 heavy (non-hydrogen) atoms. The lowest BCUT2D eigenvalue weighted by atomic mass is 9.80. The van der Waals surface area contributed by atoms with E-state index in [0.29, 0.717) is 13.2 Å². The van der Waals surface area contributed by atoms with Crippen molar-refractivity contribution in [3.05, 3.63) is 0 Å². The number of aliphatic hydroxyl groups is 1. The molecule has 2 N–H and O–H groups in total. The first-order valence-corrected chi connectivity index (χ1v) is 7.21. The van der Waals surface area contributed by atoms with Gasteiger partial charge < -0.3 is 19.9 Å². The number of hydrogen-bond acceptors (Lipinski definition) is 4. The van der Waals surface area contributed by atoms with Gasteiger partial charge in [-0.1, -0.05) is 6.92 Å². The second kappa shape index (κ2) is 8.10. The molecule has 0 aromatic rings. The predicted molar refractivity (Wildman–Crippen MR) is 72.8 cm³/mol. The van der Waals surface area contributed by atoms with Gasteiger partial charge in [0.1, 0.15) is 0 Å². The van der Waals surface area contributed by atoms with E-state index in [9.17, 15) is 5.11 Å². The Kier molecular flexibility index (Phi) is 7.15. The third kappa shape index (κ3) is 5.22. The predicted octanol–water partition coefficient (Wildman–Crippen LogP) is 1.71. The molecule has 4 nitrogen and oxygen atoms in total. The maximum atomic E-state index is 9.59. The minimum Gasteiger partial charge on any atom is -0.394 e. The minimum absolute atomic E-state index is 0.128. The number of rotatable bonds is 8. The summed E-state index contributed by atoms with van der Waals surface area (Å²) in [5, 5.41) is 13.0. The second-order valence-electron chi connectivity index (χ2n) is 5.48. The molecule has 0 heterocycles. The van der Waals surface area contributed by atoms with E-state index in [1.54, 1.807) is 0 Å². The first kappa shape index (κ1) is 15.9. The third-order valence-electron chi connectivity index (χ3n) is 3.54. The van der Waals surface area contributed by atoms with Crippen LogP contribution in [0, 0.1) is 0 Å². The monoisotopic (exact) mass is 259 g/mol. The van der Waals surface area contributed by atoms with Gasteiger partial charge in [0.25, 0.3) is 0 Å². The maximum Gasteiger partial charge on any atom is 0.0704 e. The van der Waals surface area contributed by atoms with Crippen LogP contribution in [0.3, 0.4) is 0 Å². The number of likely N-dealkylation sites (N-methyl/N-ethyl adjacent to an activating group) is 1. The van der Waals surface area contributed by atoms with Crippen LogP contribution >= 0.6 is 0 Å². The molecule has 2 atom stereocenters. The average Bonchev–Trinajstić information content (AvgIpc) is 2.35.